The van der Waals surface area contributed by atoms with Gasteiger partial charge in [0.05, 0.1) is 5.60 Å². The topological polar surface area (TPSA) is 24.1 Å². The number of hydrogen-bond acceptors (Lipinski definition) is 1. The third-order valence-electron chi connectivity index (χ3n) is 1.96. The van der Waals surface area contributed by atoms with Crippen LogP contribution in [0, 0.1) is 0 Å². The molecule has 1 aromatic heterocycles. The molecule has 0 fully saturated rings. The molecule has 1 N–H and O–H groups in total. The van der Waals surface area contributed by atoms with Crippen LogP contribution in [0.5, 0.6) is 0 Å². The van der Waals surface area contributed by atoms with Gasteiger partial charge in [0.25, 0.3) is 0 Å². The van der Waals surface area contributed by atoms with Crippen molar-refractivity contribution in [3.05, 3.63) is 30.1 Å². The first-order valence-electron chi connectivity index (χ1n) is 4.26. The van der Waals surface area contributed by atoms with Crippen LogP contribution in [0.25, 0.3) is 0 Å². The summed E-state index contributed by atoms with van der Waals surface area (Å²) in [5.74, 6) is 0. The molecule has 12 heavy (non-hydrogen) atoms. The molecule has 0 radical (unpaired) electrons. The molecule has 0 saturated carbocycles. The molecule has 0 aliphatic rings. The van der Waals surface area contributed by atoms with Gasteiger partial charge >= 0.3 is 0 Å². The molecule has 2 heteroatoms. The largest absolute Gasteiger partial charge is 0.386 e. The van der Waals surface area contributed by atoms with E-state index in [1.54, 1.807) is 13.8 Å². The molecule has 0 aliphatic heterocycles. The summed E-state index contributed by atoms with van der Waals surface area (Å²) in [4.78, 5) is 0. The number of pyridine rings is 1. The molecule has 1 rings (SSSR count). The Labute approximate surface area is 73.5 Å². The fourth-order valence-electron chi connectivity index (χ4n) is 1.08. The van der Waals surface area contributed by atoms with Crippen molar-refractivity contribution in [2.45, 2.75) is 32.9 Å². The van der Waals surface area contributed by atoms with Crippen molar-refractivity contribution in [1.82, 2.24) is 0 Å². The fraction of sp³-hybridized carbons (Fsp3) is 0.500. The number of hydrogen-bond donors (Lipinski definition) is 1. The molecule has 0 amide bonds. The van der Waals surface area contributed by atoms with Gasteiger partial charge in [0.15, 0.2) is 12.4 Å². The normalized spacial score (nSPS) is 11.7. The Morgan fingerprint density at radius 1 is 1.33 bits per heavy atom. The number of aryl methyl sites for hydroxylation is 1. The van der Waals surface area contributed by atoms with E-state index >= 15 is 0 Å². The first-order chi connectivity index (χ1) is 5.54. The number of nitrogens with zero attached hydrogens (tertiary/aromatic N) is 1. The predicted octanol–water partition coefficient (Wildman–Crippen LogP) is 1.22. The summed E-state index contributed by atoms with van der Waals surface area (Å²) in [6.07, 6.45) is 3.96. The summed E-state index contributed by atoms with van der Waals surface area (Å²) in [5.41, 5.74) is 0.222. The highest BCUT2D eigenvalue weighted by Gasteiger charge is 2.16. The highest BCUT2D eigenvalue weighted by Crippen LogP contribution is 2.16. The molecule has 1 aromatic rings. The average molecular weight is 166 g/mol. The van der Waals surface area contributed by atoms with E-state index in [9.17, 15) is 5.11 Å². The Morgan fingerprint density at radius 3 is 2.17 bits per heavy atom. The quantitative estimate of drug-likeness (QED) is 0.656. The van der Waals surface area contributed by atoms with Gasteiger partial charge in [-0.15, -0.1) is 0 Å². The molecule has 0 spiro atoms. The van der Waals surface area contributed by atoms with Crippen LogP contribution in [0.3, 0.4) is 0 Å². The third kappa shape index (κ3) is 2.05. The molecule has 0 bridgehead atoms. The Balaban J connectivity index is 2.93. The summed E-state index contributed by atoms with van der Waals surface area (Å²) in [6.45, 7) is 6.63. The van der Waals surface area contributed by atoms with Crippen molar-refractivity contribution in [1.29, 1.82) is 0 Å². The zero-order valence-electron chi connectivity index (χ0n) is 7.91. The van der Waals surface area contributed by atoms with E-state index in [1.165, 1.54) is 0 Å². The molecular weight excluding hydrogens is 150 g/mol. The van der Waals surface area contributed by atoms with Crippen molar-refractivity contribution in [3.63, 3.8) is 0 Å². The molecule has 0 aromatic carbocycles. The first kappa shape index (κ1) is 9.20. The Bertz CT molecular complexity index is 246. The zero-order valence-corrected chi connectivity index (χ0v) is 7.91. The Morgan fingerprint density at radius 2 is 1.83 bits per heavy atom. The summed E-state index contributed by atoms with van der Waals surface area (Å²) < 4.78 is 2.06. The van der Waals surface area contributed by atoms with Crippen molar-refractivity contribution in [3.8, 4) is 0 Å². The van der Waals surface area contributed by atoms with E-state index < -0.39 is 5.60 Å². The second-order valence-electron chi connectivity index (χ2n) is 3.48. The Kier molecular flexibility index (Phi) is 2.48. The summed E-state index contributed by atoms with van der Waals surface area (Å²) >= 11 is 0. The molecule has 0 atom stereocenters. The van der Waals surface area contributed by atoms with E-state index in [0.717, 1.165) is 12.1 Å². The van der Waals surface area contributed by atoms with Gasteiger partial charge in [-0.2, -0.15) is 0 Å². The maximum atomic E-state index is 9.64. The van der Waals surface area contributed by atoms with Crippen molar-refractivity contribution in [2.75, 3.05) is 0 Å². The lowest BCUT2D eigenvalue weighted by molar-refractivity contribution is -0.693. The maximum Gasteiger partial charge on any atom is 0.169 e. The van der Waals surface area contributed by atoms with E-state index in [1.807, 2.05) is 24.5 Å². The van der Waals surface area contributed by atoms with Crippen LogP contribution in [0.15, 0.2) is 24.5 Å². The molecule has 0 aliphatic carbocycles. The lowest BCUT2D eigenvalue weighted by Gasteiger charge is -2.16. The van der Waals surface area contributed by atoms with E-state index in [-0.39, 0.29) is 0 Å². The van der Waals surface area contributed by atoms with E-state index in [4.69, 9.17) is 0 Å². The highest BCUT2D eigenvalue weighted by atomic mass is 16.3. The molecule has 0 unspecified atom stereocenters. The van der Waals surface area contributed by atoms with Crippen LogP contribution in [0.4, 0.5) is 0 Å². The summed E-state index contributed by atoms with van der Waals surface area (Å²) in [6, 6.07) is 3.90. The minimum absolute atomic E-state index is 0.729. The highest BCUT2D eigenvalue weighted by molar-refractivity contribution is 5.14. The number of aliphatic hydroxyl groups is 1. The second kappa shape index (κ2) is 3.23. The van der Waals surface area contributed by atoms with Crippen LogP contribution in [-0.2, 0) is 12.1 Å². The van der Waals surface area contributed by atoms with E-state index in [0.29, 0.717) is 0 Å². The van der Waals surface area contributed by atoms with Gasteiger partial charge in [-0.1, -0.05) is 0 Å². The minimum Gasteiger partial charge on any atom is -0.386 e. The van der Waals surface area contributed by atoms with Gasteiger partial charge in [0, 0.05) is 12.1 Å². The van der Waals surface area contributed by atoms with Crippen LogP contribution in [0.1, 0.15) is 26.3 Å². The molecular formula is C10H16NO+. The predicted molar refractivity (Wildman–Crippen MR) is 47.6 cm³/mol. The van der Waals surface area contributed by atoms with Gasteiger partial charge < -0.3 is 5.11 Å². The minimum atomic E-state index is -0.729. The maximum absolute atomic E-state index is 9.64. The van der Waals surface area contributed by atoms with Crippen LogP contribution >= 0.6 is 0 Å². The Hall–Kier alpha value is -0.890. The van der Waals surface area contributed by atoms with E-state index in [2.05, 4.69) is 11.5 Å². The molecule has 0 saturated heterocycles. The van der Waals surface area contributed by atoms with Crippen LogP contribution < -0.4 is 4.57 Å². The lowest BCUT2D eigenvalue weighted by Crippen LogP contribution is -2.31. The average Bonchev–Trinajstić information content (AvgIpc) is 2.03. The number of aromatic nitrogens is 1. The lowest BCUT2D eigenvalue weighted by atomic mass is 10.0. The van der Waals surface area contributed by atoms with Gasteiger partial charge in [-0.3, -0.25) is 0 Å². The fourth-order valence-corrected chi connectivity index (χ4v) is 1.08. The number of rotatable bonds is 2. The second-order valence-corrected chi connectivity index (χ2v) is 3.48. The van der Waals surface area contributed by atoms with Crippen LogP contribution in [0.2, 0.25) is 0 Å². The van der Waals surface area contributed by atoms with Gasteiger partial charge in [0.1, 0.15) is 6.54 Å². The third-order valence-corrected chi connectivity index (χ3v) is 1.96. The van der Waals surface area contributed by atoms with Crippen molar-refractivity contribution < 1.29 is 9.67 Å². The van der Waals surface area contributed by atoms with Gasteiger partial charge in [0.2, 0.25) is 0 Å². The zero-order chi connectivity index (χ0) is 9.19. The summed E-state index contributed by atoms with van der Waals surface area (Å²) in [7, 11) is 0. The first-order valence-corrected chi connectivity index (χ1v) is 4.26. The standard InChI is InChI=1S/C10H16NO/c1-4-11-7-5-9(6-8-11)10(2,3)12/h5-8,12H,4H2,1-3H3/q+1. The summed E-state index contributed by atoms with van der Waals surface area (Å²) in [5, 5.41) is 9.64. The smallest absolute Gasteiger partial charge is 0.169 e. The van der Waals surface area contributed by atoms with Gasteiger partial charge in [-0.05, 0) is 26.3 Å². The SMILES string of the molecule is CC[n+]1ccc(C(C)(C)O)cc1. The molecule has 2 nitrogen and oxygen atoms in total. The molecule has 66 valence electrons. The monoisotopic (exact) mass is 166 g/mol. The van der Waals surface area contributed by atoms with Crippen molar-refractivity contribution in [2.24, 2.45) is 0 Å². The van der Waals surface area contributed by atoms with Gasteiger partial charge in [-0.25, -0.2) is 4.57 Å². The van der Waals surface area contributed by atoms with Crippen molar-refractivity contribution >= 4 is 0 Å². The molecule has 1 heterocycles. The van der Waals surface area contributed by atoms with Crippen LogP contribution in [-0.4, -0.2) is 5.11 Å².